The Morgan fingerprint density at radius 1 is 1.58 bits per heavy atom. The van der Waals surface area contributed by atoms with Crippen molar-refractivity contribution in [2.75, 3.05) is 0 Å². The van der Waals surface area contributed by atoms with Gasteiger partial charge in [-0.2, -0.15) is 13.7 Å². The maximum Gasteiger partial charge on any atom is 0.334 e. The van der Waals surface area contributed by atoms with Crippen LogP contribution in [0.5, 0.6) is 0 Å². The fourth-order valence-electron chi connectivity index (χ4n) is 0.667. The normalized spacial score (nSPS) is 10.7. The summed E-state index contributed by atoms with van der Waals surface area (Å²) in [7, 11) is -4.83. The van der Waals surface area contributed by atoms with E-state index in [9.17, 15) is 12.3 Å². The molecule has 0 saturated heterocycles. The Morgan fingerprint density at radius 2 is 2.25 bits per heavy atom. The fourth-order valence-corrected chi connectivity index (χ4v) is 1.23. The first-order valence-electron chi connectivity index (χ1n) is 2.84. The lowest BCUT2D eigenvalue weighted by Crippen LogP contribution is -1.96. The molecule has 0 saturated carbocycles. The summed E-state index contributed by atoms with van der Waals surface area (Å²) in [6, 6.07) is 2.67. The van der Waals surface area contributed by atoms with Crippen LogP contribution in [0.15, 0.2) is 23.4 Å². The third-order valence-corrected chi connectivity index (χ3v) is 2.02. The molecule has 0 unspecified atom stereocenters. The number of hydrogen-bond acceptors (Lipinski definition) is 4. The maximum atomic E-state index is 12.3. The van der Waals surface area contributed by atoms with E-state index in [-0.39, 0.29) is 5.56 Å². The van der Waals surface area contributed by atoms with Crippen molar-refractivity contribution in [1.29, 1.82) is 5.26 Å². The predicted octanol–water partition coefficient (Wildman–Crippen LogP) is 0.611. The highest BCUT2D eigenvalue weighted by atomic mass is 32.3. The average Bonchev–Trinajstić information content (AvgIpc) is 2.03. The van der Waals surface area contributed by atoms with Gasteiger partial charge >= 0.3 is 10.2 Å². The molecule has 1 aromatic rings. The van der Waals surface area contributed by atoms with E-state index in [1.165, 1.54) is 6.20 Å². The number of halogens is 1. The van der Waals surface area contributed by atoms with Gasteiger partial charge in [-0.25, -0.2) is 0 Å². The molecule has 1 aromatic heterocycles. The van der Waals surface area contributed by atoms with Gasteiger partial charge in [0.15, 0.2) is 0 Å². The van der Waals surface area contributed by atoms with Gasteiger partial charge in [0.2, 0.25) is 0 Å². The van der Waals surface area contributed by atoms with Gasteiger partial charge < -0.3 is 0 Å². The van der Waals surface area contributed by atoms with Crippen LogP contribution in [-0.4, -0.2) is 13.4 Å². The molecule has 0 aliphatic heterocycles. The zero-order valence-corrected chi connectivity index (χ0v) is 6.55. The molecular weight excluding hydrogens is 183 g/mol. The lowest BCUT2D eigenvalue weighted by atomic mass is 10.3. The van der Waals surface area contributed by atoms with E-state index < -0.39 is 15.1 Å². The van der Waals surface area contributed by atoms with Crippen molar-refractivity contribution in [3.63, 3.8) is 0 Å². The Morgan fingerprint density at radius 3 is 2.67 bits per heavy atom. The molecule has 1 rings (SSSR count). The van der Waals surface area contributed by atoms with Gasteiger partial charge in [-0.15, -0.1) is 3.89 Å². The maximum absolute atomic E-state index is 12.3. The van der Waals surface area contributed by atoms with Crippen molar-refractivity contribution in [1.82, 2.24) is 4.98 Å². The number of nitriles is 1. The Labute approximate surface area is 68.5 Å². The van der Waals surface area contributed by atoms with Crippen molar-refractivity contribution >= 4 is 10.2 Å². The van der Waals surface area contributed by atoms with Crippen molar-refractivity contribution in [2.45, 2.75) is 4.90 Å². The third kappa shape index (κ3) is 1.57. The van der Waals surface area contributed by atoms with E-state index in [2.05, 4.69) is 4.98 Å². The van der Waals surface area contributed by atoms with E-state index in [0.29, 0.717) is 0 Å². The molecule has 0 N–H and O–H groups in total. The molecular formula is C6H3FN2O2S. The van der Waals surface area contributed by atoms with Gasteiger partial charge in [0.1, 0.15) is 11.0 Å². The number of rotatable bonds is 1. The molecule has 4 nitrogen and oxygen atoms in total. The fraction of sp³-hybridized carbons (Fsp3) is 0. The van der Waals surface area contributed by atoms with Crippen molar-refractivity contribution in [3.05, 3.63) is 24.0 Å². The monoisotopic (exact) mass is 186 g/mol. The topological polar surface area (TPSA) is 70.8 Å². The van der Waals surface area contributed by atoms with Crippen molar-refractivity contribution < 1.29 is 12.3 Å². The number of hydrogen-bond donors (Lipinski definition) is 0. The van der Waals surface area contributed by atoms with Crippen LogP contribution in [0.25, 0.3) is 0 Å². The van der Waals surface area contributed by atoms with Crippen LogP contribution in [0.4, 0.5) is 3.89 Å². The van der Waals surface area contributed by atoms with E-state index in [0.717, 1.165) is 12.3 Å². The van der Waals surface area contributed by atoms with Crippen LogP contribution in [0.3, 0.4) is 0 Å². The molecule has 0 bridgehead atoms. The lowest BCUT2D eigenvalue weighted by molar-refractivity contribution is 0.551. The van der Waals surface area contributed by atoms with Gasteiger partial charge in [-0.1, -0.05) is 0 Å². The molecule has 6 heteroatoms. The van der Waals surface area contributed by atoms with Crippen LogP contribution in [0, 0.1) is 11.3 Å². The predicted molar refractivity (Wildman–Crippen MR) is 37.2 cm³/mol. The molecule has 0 radical (unpaired) electrons. The molecule has 0 aromatic carbocycles. The number of aromatic nitrogens is 1. The molecule has 62 valence electrons. The quantitative estimate of drug-likeness (QED) is 0.602. The minimum Gasteiger partial charge on any atom is -0.263 e. The molecule has 0 atom stereocenters. The smallest absolute Gasteiger partial charge is 0.263 e. The molecule has 0 aliphatic rings. The molecule has 12 heavy (non-hydrogen) atoms. The highest BCUT2D eigenvalue weighted by Gasteiger charge is 2.16. The second-order valence-corrected chi connectivity index (χ2v) is 3.24. The minimum absolute atomic E-state index is 0.243. The summed E-state index contributed by atoms with van der Waals surface area (Å²) >= 11 is 0. The highest BCUT2D eigenvalue weighted by Crippen LogP contribution is 2.14. The zero-order valence-electron chi connectivity index (χ0n) is 5.73. The van der Waals surface area contributed by atoms with Crippen LogP contribution < -0.4 is 0 Å². The zero-order chi connectivity index (χ0) is 9.19. The van der Waals surface area contributed by atoms with Crippen molar-refractivity contribution in [3.8, 4) is 6.07 Å². The minimum atomic E-state index is -4.83. The van der Waals surface area contributed by atoms with Crippen molar-refractivity contribution in [2.24, 2.45) is 0 Å². The Bertz CT molecular complexity index is 435. The Kier molecular flexibility index (Phi) is 2.06. The average molecular weight is 186 g/mol. The molecule has 0 aliphatic carbocycles. The first-order valence-corrected chi connectivity index (χ1v) is 4.23. The van der Waals surface area contributed by atoms with E-state index in [1.54, 1.807) is 6.07 Å². The SMILES string of the molecule is N#Cc1ccncc1S(=O)(=O)F. The first kappa shape index (κ1) is 8.62. The number of pyridine rings is 1. The van der Waals surface area contributed by atoms with Crippen LogP contribution in [-0.2, 0) is 10.2 Å². The summed E-state index contributed by atoms with van der Waals surface area (Å²) in [5.74, 6) is 0. The summed E-state index contributed by atoms with van der Waals surface area (Å²) in [6.45, 7) is 0. The van der Waals surface area contributed by atoms with Gasteiger partial charge in [-0.3, -0.25) is 4.98 Å². The third-order valence-electron chi connectivity index (χ3n) is 1.17. The highest BCUT2D eigenvalue weighted by molar-refractivity contribution is 7.86. The first-order chi connectivity index (χ1) is 5.55. The van der Waals surface area contributed by atoms with Gasteiger partial charge in [0.05, 0.1) is 5.56 Å². The summed E-state index contributed by atoms with van der Waals surface area (Å²) in [5, 5.41) is 8.37. The van der Waals surface area contributed by atoms with Gasteiger partial charge in [0.25, 0.3) is 0 Å². The van der Waals surface area contributed by atoms with E-state index >= 15 is 0 Å². The Hall–Kier alpha value is -1.48. The summed E-state index contributed by atoms with van der Waals surface area (Å²) in [4.78, 5) is 2.70. The van der Waals surface area contributed by atoms with Gasteiger partial charge in [-0.05, 0) is 6.07 Å². The largest absolute Gasteiger partial charge is 0.334 e. The summed E-state index contributed by atoms with van der Waals surface area (Å²) < 4.78 is 33.1. The second-order valence-electron chi connectivity index (χ2n) is 1.92. The summed E-state index contributed by atoms with van der Waals surface area (Å²) in [6.07, 6.45) is 2.02. The second kappa shape index (κ2) is 2.87. The summed E-state index contributed by atoms with van der Waals surface area (Å²) in [5.41, 5.74) is -0.243. The van der Waals surface area contributed by atoms with Gasteiger partial charge in [0, 0.05) is 12.4 Å². The van der Waals surface area contributed by atoms with Crippen LogP contribution >= 0.6 is 0 Å². The molecule has 1 heterocycles. The lowest BCUT2D eigenvalue weighted by Gasteiger charge is -1.94. The standard InChI is InChI=1S/C6H3FN2O2S/c7-12(10,11)6-4-9-2-1-5(6)3-8/h1-2,4H. The Balaban J connectivity index is 3.47. The van der Waals surface area contributed by atoms with E-state index in [1.807, 2.05) is 0 Å². The van der Waals surface area contributed by atoms with Crippen LogP contribution in [0.2, 0.25) is 0 Å². The van der Waals surface area contributed by atoms with E-state index in [4.69, 9.17) is 5.26 Å². The number of nitrogens with zero attached hydrogens (tertiary/aromatic N) is 2. The van der Waals surface area contributed by atoms with Crippen LogP contribution in [0.1, 0.15) is 5.56 Å². The molecule has 0 amide bonds. The molecule has 0 fully saturated rings. The molecule has 0 spiro atoms.